The maximum atomic E-state index is 12.6. The number of nitrogens with two attached hydrogens (primary N) is 1. The highest BCUT2D eigenvalue weighted by Gasteiger charge is 2.32. The first-order valence-corrected chi connectivity index (χ1v) is 6.24. The Balaban J connectivity index is 2.39. The molecule has 0 fully saturated rings. The van der Waals surface area contributed by atoms with E-state index in [0.29, 0.717) is 12.1 Å². The number of rotatable bonds is 3. The van der Waals surface area contributed by atoms with Crippen LogP contribution in [0.1, 0.15) is 23.6 Å². The zero-order chi connectivity index (χ0) is 14.9. The average Bonchev–Trinajstić information content (AvgIpc) is 2.80. The molecule has 1 heterocycles. The van der Waals surface area contributed by atoms with E-state index >= 15 is 0 Å². The monoisotopic (exact) mass is 283 g/mol. The summed E-state index contributed by atoms with van der Waals surface area (Å²) in [4.78, 5) is 0. The highest BCUT2D eigenvalue weighted by molar-refractivity contribution is 5.43. The van der Waals surface area contributed by atoms with Gasteiger partial charge in [-0.3, -0.25) is 0 Å². The zero-order valence-electron chi connectivity index (χ0n) is 11.3. The van der Waals surface area contributed by atoms with Crippen LogP contribution in [0.25, 0.3) is 5.69 Å². The highest BCUT2D eigenvalue weighted by atomic mass is 19.4. The molecular formula is C14H16F3N3. The minimum absolute atomic E-state index is 0.00564. The molecule has 1 unspecified atom stereocenters. The molecule has 2 rings (SSSR count). The van der Waals surface area contributed by atoms with Crippen molar-refractivity contribution in [1.29, 1.82) is 0 Å². The normalized spacial score (nSPS) is 13.5. The number of aryl methyl sites for hydroxylation is 1. The quantitative estimate of drug-likeness (QED) is 0.940. The Labute approximate surface area is 115 Å². The summed E-state index contributed by atoms with van der Waals surface area (Å²) >= 11 is 0. The standard InChI is InChI=1S/C14H16F3N3/c1-9-3-4-11(5-10(2)18)6-13(9)20-8-12(7-19-20)14(15,16)17/h3-4,6-8,10H,5,18H2,1-2H3. The van der Waals surface area contributed by atoms with Gasteiger partial charge < -0.3 is 5.73 Å². The molecule has 1 aromatic carbocycles. The average molecular weight is 283 g/mol. The summed E-state index contributed by atoms with van der Waals surface area (Å²) < 4.78 is 39.0. The van der Waals surface area contributed by atoms with Crippen molar-refractivity contribution in [3.05, 3.63) is 47.3 Å². The van der Waals surface area contributed by atoms with Gasteiger partial charge in [0.05, 0.1) is 17.4 Å². The lowest BCUT2D eigenvalue weighted by molar-refractivity contribution is -0.137. The Hall–Kier alpha value is -1.82. The van der Waals surface area contributed by atoms with E-state index in [1.54, 1.807) is 0 Å². The highest BCUT2D eigenvalue weighted by Crippen LogP contribution is 2.29. The van der Waals surface area contributed by atoms with E-state index in [1.807, 2.05) is 32.0 Å². The largest absolute Gasteiger partial charge is 0.419 e. The molecule has 1 atom stereocenters. The molecule has 3 nitrogen and oxygen atoms in total. The Morgan fingerprint density at radius 3 is 2.60 bits per heavy atom. The van der Waals surface area contributed by atoms with E-state index in [9.17, 15) is 13.2 Å². The second-order valence-corrected chi connectivity index (χ2v) is 4.97. The molecule has 2 N–H and O–H groups in total. The summed E-state index contributed by atoms with van der Waals surface area (Å²) in [5.41, 5.74) is 7.46. The SMILES string of the molecule is Cc1ccc(CC(C)N)cc1-n1cc(C(F)(F)F)cn1. The third-order valence-electron chi connectivity index (χ3n) is 2.99. The predicted molar refractivity (Wildman–Crippen MR) is 70.7 cm³/mol. The van der Waals surface area contributed by atoms with Gasteiger partial charge >= 0.3 is 6.18 Å². The van der Waals surface area contributed by atoms with Crippen LogP contribution in [0, 0.1) is 6.92 Å². The minimum Gasteiger partial charge on any atom is -0.328 e. The Morgan fingerprint density at radius 2 is 2.05 bits per heavy atom. The van der Waals surface area contributed by atoms with E-state index < -0.39 is 11.7 Å². The lowest BCUT2D eigenvalue weighted by Crippen LogP contribution is -2.18. The first kappa shape index (κ1) is 14.6. The molecule has 0 amide bonds. The van der Waals surface area contributed by atoms with Crippen molar-refractivity contribution in [2.45, 2.75) is 32.5 Å². The second kappa shape index (κ2) is 5.28. The molecule has 20 heavy (non-hydrogen) atoms. The number of hydrogen-bond donors (Lipinski definition) is 1. The molecule has 2 aromatic rings. The van der Waals surface area contributed by atoms with Gasteiger partial charge in [0.15, 0.2) is 0 Å². The van der Waals surface area contributed by atoms with E-state index in [-0.39, 0.29) is 6.04 Å². The van der Waals surface area contributed by atoms with Gasteiger partial charge in [-0.1, -0.05) is 12.1 Å². The van der Waals surface area contributed by atoms with Gasteiger partial charge in [0.1, 0.15) is 0 Å². The van der Waals surface area contributed by atoms with Crippen molar-refractivity contribution in [2.75, 3.05) is 0 Å². The molecule has 1 aromatic heterocycles. The summed E-state index contributed by atoms with van der Waals surface area (Å²) in [6.45, 7) is 3.72. The lowest BCUT2D eigenvalue weighted by Gasteiger charge is -2.10. The first-order valence-electron chi connectivity index (χ1n) is 6.24. The van der Waals surface area contributed by atoms with Crippen LogP contribution in [0.5, 0.6) is 0 Å². The van der Waals surface area contributed by atoms with Gasteiger partial charge in [0.25, 0.3) is 0 Å². The Morgan fingerprint density at radius 1 is 1.35 bits per heavy atom. The molecule has 0 aliphatic carbocycles. The third kappa shape index (κ3) is 3.19. The summed E-state index contributed by atoms with van der Waals surface area (Å²) in [5, 5.41) is 3.80. The lowest BCUT2D eigenvalue weighted by atomic mass is 10.0. The number of halogens is 3. The van der Waals surface area contributed by atoms with E-state index in [1.165, 1.54) is 4.68 Å². The molecule has 0 spiro atoms. The smallest absolute Gasteiger partial charge is 0.328 e. The van der Waals surface area contributed by atoms with Crippen LogP contribution < -0.4 is 5.73 Å². The van der Waals surface area contributed by atoms with Crippen molar-refractivity contribution in [2.24, 2.45) is 5.73 Å². The van der Waals surface area contributed by atoms with Crippen molar-refractivity contribution in [3.63, 3.8) is 0 Å². The molecule has 0 saturated heterocycles. The van der Waals surface area contributed by atoms with Gasteiger partial charge in [0, 0.05) is 12.2 Å². The Bertz CT molecular complexity index is 600. The molecular weight excluding hydrogens is 267 g/mol. The molecule has 0 saturated carbocycles. The fourth-order valence-electron chi connectivity index (χ4n) is 2.00. The number of aromatic nitrogens is 2. The molecule has 6 heteroatoms. The fraction of sp³-hybridized carbons (Fsp3) is 0.357. The van der Waals surface area contributed by atoms with Crippen molar-refractivity contribution in [1.82, 2.24) is 9.78 Å². The van der Waals surface area contributed by atoms with Crippen molar-refractivity contribution >= 4 is 0 Å². The first-order chi connectivity index (χ1) is 9.27. The van der Waals surface area contributed by atoms with Gasteiger partial charge in [-0.25, -0.2) is 4.68 Å². The summed E-state index contributed by atoms with van der Waals surface area (Å²) in [5.74, 6) is 0. The molecule has 0 radical (unpaired) electrons. The van der Waals surface area contributed by atoms with E-state index in [2.05, 4.69) is 5.10 Å². The van der Waals surface area contributed by atoms with Crippen LogP contribution in [-0.2, 0) is 12.6 Å². The summed E-state index contributed by atoms with van der Waals surface area (Å²) in [6.07, 6.45) is -1.88. The third-order valence-corrected chi connectivity index (χ3v) is 2.99. The predicted octanol–water partition coefficient (Wildman–Crippen LogP) is 3.09. The molecule has 108 valence electrons. The molecule has 0 aliphatic rings. The summed E-state index contributed by atoms with van der Waals surface area (Å²) in [7, 11) is 0. The summed E-state index contributed by atoms with van der Waals surface area (Å²) in [6, 6.07) is 5.61. The second-order valence-electron chi connectivity index (χ2n) is 4.97. The topological polar surface area (TPSA) is 43.8 Å². The van der Waals surface area contributed by atoms with Crippen LogP contribution in [0.15, 0.2) is 30.6 Å². The van der Waals surface area contributed by atoms with Crippen LogP contribution in [0.4, 0.5) is 13.2 Å². The van der Waals surface area contributed by atoms with Crippen LogP contribution in [0.2, 0.25) is 0 Å². The van der Waals surface area contributed by atoms with Crippen molar-refractivity contribution < 1.29 is 13.2 Å². The number of alkyl halides is 3. The van der Waals surface area contributed by atoms with Gasteiger partial charge in [0.2, 0.25) is 0 Å². The van der Waals surface area contributed by atoms with E-state index in [0.717, 1.165) is 23.5 Å². The van der Waals surface area contributed by atoms with Gasteiger partial charge in [-0.05, 0) is 37.5 Å². The molecule has 0 aliphatic heterocycles. The zero-order valence-corrected chi connectivity index (χ0v) is 11.3. The van der Waals surface area contributed by atoms with Crippen LogP contribution in [0.3, 0.4) is 0 Å². The fourth-order valence-corrected chi connectivity index (χ4v) is 2.00. The van der Waals surface area contributed by atoms with Crippen LogP contribution >= 0.6 is 0 Å². The molecule has 0 bridgehead atoms. The minimum atomic E-state index is -4.38. The van der Waals surface area contributed by atoms with Gasteiger partial charge in [-0.15, -0.1) is 0 Å². The van der Waals surface area contributed by atoms with Gasteiger partial charge in [-0.2, -0.15) is 18.3 Å². The number of nitrogens with zero attached hydrogens (tertiary/aromatic N) is 2. The maximum Gasteiger partial charge on any atom is 0.419 e. The van der Waals surface area contributed by atoms with E-state index in [4.69, 9.17) is 5.73 Å². The van der Waals surface area contributed by atoms with Crippen LogP contribution in [-0.4, -0.2) is 15.8 Å². The maximum absolute atomic E-state index is 12.6. The van der Waals surface area contributed by atoms with Crippen molar-refractivity contribution in [3.8, 4) is 5.69 Å². The Kier molecular flexibility index (Phi) is 3.85. The number of hydrogen-bond acceptors (Lipinski definition) is 2. The number of benzene rings is 1.